The van der Waals surface area contributed by atoms with Gasteiger partial charge in [-0.2, -0.15) is 0 Å². The molecule has 0 unspecified atom stereocenters. The van der Waals surface area contributed by atoms with Crippen molar-refractivity contribution in [2.45, 2.75) is 13.5 Å². The number of carbonyl (C=O) groups excluding carboxylic acids is 1. The number of piperazine rings is 1. The second kappa shape index (κ2) is 5.47. The van der Waals surface area contributed by atoms with Gasteiger partial charge in [0, 0.05) is 50.9 Å². The second-order valence-corrected chi connectivity index (χ2v) is 4.68. The van der Waals surface area contributed by atoms with Crippen LogP contribution in [-0.4, -0.2) is 46.9 Å². The van der Waals surface area contributed by atoms with E-state index in [0.717, 1.165) is 43.4 Å². The Hall–Kier alpha value is -1.13. The molecule has 2 heterocycles. The zero-order chi connectivity index (χ0) is 12.3. The van der Waals surface area contributed by atoms with Gasteiger partial charge in [0.2, 0.25) is 5.91 Å². The lowest BCUT2D eigenvalue weighted by Gasteiger charge is -2.33. The molecule has 5 heteroatoms. The van der Waals surface area contributed by atoms with Gasteiger partial charge in [-0.05, 0) is 12.1 Å². The highest BCUT2D eigenvalue weighted by atomic mass is 35.5. The SMILES string of the molecule is CC(=O)N1CCN(Cc2cc(Cl)ccn2)CC1. The van der Waals surface area contributed by atoms with Crippen molar-refractivity contribution in [1.82, 2.24) is 14.8 Å². The smallest absolute Gasteiger partial charge is 0.219 e. The standard InChI is InChI=1S/C12H16ClN3O/c1-10(17)16-6-4-15(5-7-16)9-12-8-11(13)2-3-14-12/h2-3,8H,4-7,9H2,1H3. The predicted octanol–water partition coefficient (Wildman–Crippen LogP) is 1.40. The molecular weight excluding hydrogens is 238 g/mol. The lowest BCUT2D eigenvalue weighted by molar-refractivity contribution is -0.130. The minimum Gasteiger partial charge on any atom is -0.340 e. The number of halogens is 1. The normalized spacial score (nSPS) is 17.2. The molecule has 1 fully saturated rings. The zero-order valence-corrected chi connectivity index (χ0v) is 10.7. The van der Waals surface area contributed by atoms with Crippen molar-refractivity contribution in [3.8, 4) is 0 Å². The summed E-state index contributed by atoms with van der Waals surface area (Å²) in [6.07, 6.45) is 1.73. The van der Waals surface area contributed by atoms with Gasteiger partial charge in [-0.1, -0.05) is 11.6 Å². The number of hydrogen-bond donors (Lipinski definition) is 0. The van der Waals surface area contributed by atoms with Crippen molar-refractivity contribution in [3.05, 3.63) is 29.0 Å². The number of pyridine rings is 1. The van der Waals surface area contributed by atoms with Crippen LogP contribution < -0.4 is 0 Å². The summed E-state index contributed by atoms with van der Waals surface area (Å²) in [5.74, 6) is 0.158. The first-order chi connectivity index (χ1) is 8.15. The van der Waals surface area contributed by atoms with Crippen molar-refractivity contribution >= 4 is 17.5 Å². The molecular formula is C12H16ClN3O. The van der Waals surface area contributed by atoms with Gasteiger partial charge in [0.15, 0.2) is 0 Å². The second-order valence-electron chi connectivity index (χ2n) is 4.25. The lowest BCUT2D eigenvalue weighted by atomic mass is 10.2. The van der Waals surface area contributed by atoms with Crippen LogP contribution in [0.5, 0.6) is 0 Å². The summed E-state index contributed by atoms with van der Waals surface area (Å²) >= 11 is 5.92. The molecule has 0 saturated carbocycles. The Morgan fingerprint density at radius 2 is 2.12 bits per heavy atom. The summed E-state index contributed by atoms with van der Waals surface area (Å²) < 4.78 is 0. The quantitative estimate of drug-likeness (QED) is 0.800. The molecule has 0 N–H and O–H groups in total. The highest BCUT2D eigenvalue weighted by molar-refractivity contribution is 6.30. The molecule has 92 valence electrons. The van der Waals surface area contributed by atoms with Gasteiger partial charge in [-0.3, -0.25) is 14.7 Å². The molecule has 0 spiro atoms. The lowest BCUT2D eigenvalue weighted by Crippen LogP contribution is -2.47. The van der Waals surface area contributed by atoms with Gasteiger partial charge < -0.3 is 4.90 Å². The number of aromatic nitrogens is 1. The molecule has 1 aliphatic heterocycles. The molecule has 1 aliphatic rings. The molecule has 0 atom stereocenters. The highest BCUT2D eigenvalue weighted by Crippen LogP contribution is 2.11. The summed E-state index contributed by atoms with van der Waals surface area (Å²) in [6, 6.07) is 3.66. The Labute approximate surface area is 106 Å². The predicted molar refractivity (Wildman–Crippen MR) is 66.8 cm³/mol. The Balaban J connectivity index is 1.88. The van der Waals surface area contributed by atoms with Crippen molar-refractivity contribution in [3.63, 3.8) is 0 Å². The van der Waals surface area contributed by atoms with E-state index in [1.54, 1.807) is 19.2 Å². The number of rotatable bonds is 2. The topological polar surface area (TPSA) is 36.4 Å². The molecule has 2 rings (SSSR count). The van der Waals surface area contributed by atoms with E-state index in [1.807, 2.05) is 11.0 Å². The van der Waals surface area contributed by atoms with E-state index in [2.05, 4.69) is 9.88 Å². The van der Waals surface area contributed by atoms with E-state index < -0.39 is 0 Å². The molecule has 1 amide bonds. The first-order valence-electron chi connectivity index (χ1n) is 5.73. The van der Waals surface area contributed by atoms with Crippen molar-refractivity contribution in [1.29, 1.82) is 0 Å². The Kier molecular flexibility index (Phi) is 3.97. The average Bonchev–Trinajstić information content (AvgIpc) is 2.29. The maximum atomic E-state index is 11.2. The molecule has 1 aromatic heterocycles. The van der Waals surface area contributed by atoms with Gasteiger partial charge in [0.05, 0.1) is 5.69 Å². The number of nitrogens with zero attached hydrogens (tertiary/aromatic N) is 3. The summed E-state index contributed by atoms with van der Waals surface area (Å²) in [7, 11) is 0. The number of carbonyl (C=O) groups is 1. The third-order valence-corrected chi connectivity index (χ3v) is 3.22. The van der Waals surface area contributed by atoms with E-state index in [1.165, 1.54) is 0 Å². The van der Waals surface area contributed by atoms with Crippen LogP contribution in [0.4, 0.5) is 0 Å². The summed E-state index contributed by atoms with van der Waals surface area (Å²) in [4.78, 5) is 19.6. The van der Waals surface area contributed by atoms with Crippen LogP contribution >= 0.6 is 11.6 Å². The van der Waals surface area contributed by atoms with E-state index in [4.69, 9.17) is 11.6 Å². The third-order valence-electron chi connectivity index (χ3n) is 2.98. The van der Waals surface area contributed by atoms with Crippen molar-refractivity contribution in [2.75, 3.05) is 26.2 Å². The minimum absolute atomic E-state index is 0.158. The molecule has 4 nitrogen and oxygen atoms in total. The monoisotopic (exact) mass is 253 g/mol. The molecule has 1 saturated heterocycles. The fourth-order valence-electron chi connectivity index (χ4n) is 1.99. The van der Waals surface area contributed by atoms with E-state index in [0.29, 0.717) is 0 Å². The van der Waals surface area contributed by atoms with Crippen LogP contribution in [0.15, 0.2) is 18.3 Å². The first kappa shape index (κ1) is 12.3. The molecule has 1 aromatic rings. The van der Waals surface area contributed by atoms with Crippen LogP contribution in [0, 0.1) is 0 Å². The van der Waals surface area contributed by atoms with E-state index >= 15 is 0 Å². The van der Waals surface area contributed by atoms with Gasteiger partial charge in [-0.15, -0.1) is 0 Å². The largest absolute Gasteiger partial charge is 0.340 e. The van der Waals surface area contributed by atoms with E-state index in [9.17, 15) is 4.79 Å². The fraction of sp³-hybridized carbons (Fsp3) is 0.500. The maximum absolute atomic E-state index is 11.2. The zero-order valence-electron chi connectivity index (χ0n) is 9.90. The summed E-state index contributed by atoms with van der Waals surface area (Å²) in [6.45, 7) is 5.81. The van der Waals surface area contributed by atoms with Gasteiger partial charge in [-0.25, -0.2) is 0 Å². The van der Waals surface area contributed by atoms with Gasteiger partial charge in [0.1, 0.15) is 0 Å². The third kappa shape index (κ3) is 3.41. The van der Waals surface area contributed by atoms with Crippen LogP contribution in [0.3, 0.4) is 0 Å². The Morgan fingerprint density at radius 1 is 1.41 bits per heavy atom. The van der Waals surface area contributed by atoms with Crippen LogP contribution in [-0.2, 0) is 11.3 Å². The molecule has 0 aromatic carbocycles. The van der Waals surface area contributed by atoms with Gasteiger partial charge in [0.25, 0.3) is 0 Å². The highest BCUT2D eigenvalue weighted by Gasteiger charge is 2.18. The van der Waals surface area contributed by atoms with Crippen LogP contribution in [0.1, 0.15) is 12.6 Å². The summed E-state index contributed by atoms with van der Waals surface area (Å²) in [5.41, 5.74) is 0.980. The van der Waals surface area contributed by atoms with E-state index in [-0.39, 0.29) is 5.91 Å². The summed E-state index contributed by atoms with van der Waals surface area (Å²) in [5, 5.41) is 0.720. The first-order valence-corrected chi connectivity index (χ1v) is 6.11. The van der Waals surface area contributed by atoms with Gasteiger partial charge >= 0.3 is 0 Å². The van der Waals surface area contributed by atoms with Crippen molar-refractivity contribution in [2.24, 2.45) is 0 Å². The molecule has 0 radical (unpaired) electrons. The minimum atomic E-state index is 0.158. The Bertz CT molecular complexity index is 402. The fourth-order valence-corrected chi connectivity index (χ4v) is 2.17. The number of hydrogen-bond acceptors (Lipinski definition) is 3. The Morgan fingerprint density at radius 3 is 2.71 bits per heavy atom. The van der Waals surface area contributed by atoms with Crippen molar-refractivity contribution < 1.29 is 4.79 Å². The maximum Gasteiger partial charge on any atom is 0.219 e. The molecule has 0 aliphatic carbocycles. The molecule has 0 bridgehead atoms. The van der Waals surface area contributed by atoms with Crippen LogP contribution in [0.2, 0.25) is 5.02 Å². The average molecular weight is 254 g/mol. The number of amides is 1. The van der Waals surface area contributed by atoms with Crippen LogP contribution in [0.25, 0.3) is 0 Å². The molecule has 17 heavy (non-hydrogen) atoms.